The molecule has 1 heterocycles. The second kappa shape index (κ2) is 6.54. The Balaban J connectivity index is 2.23. The first-order valence-electron chi connectivity index (χ1n) is 6.17. The maximum atomic E-state index is 5.31. The predicted molar refractivity (Wildman–Crippen MR) is 78.0 cm³/mol. The summed E-state index contributed by atoms with van der Waals surface area (Å²) in [7, 11) is 3.27. The molecule has 2 aromatic rings. The summed E-state index contributed by atoms with van der Waals surface area (Å²) < 4.78 is 15.0. The molecule has 0 saturated heterocycles. The Labute approximate surface area is 117 Å². The third-order valence-corrected chi connectivity index (χ3v) is 3.57. The van der Waals surface area contributed by atoms with Gasteiger partial charge in [0.1, 0.15) is 0 Å². The molecule has 0 aliphatic carbocycles. The van der Waals surface area contributed by atoms with E-state index in [0.29, 0.717) is 0 Å². The van der Waals surface area contributed by atoms with E-state index in [0.717, 1.165) is 35.8 Å². The van der Waals surface area contributed by atoms with Crippen LogP contribution in [0.5, 0.6) is 11.5 Å². The van der Waals surface area contributed by atoms with Crippen molar-refractivity contribution >= 4 is 11.5 Å². The number of hydrogen-bond acceptors (Lipinski definition) is 5. The zero-order valence-electron chi connectivity index (χ0n) is 11.4. The molecule has 19 heavy (non-hydrogen) atoms. The van der Waals surface area contributed by atoms with Gasteiger partial charge in [0, 0.05) is 17.0 Å². The molecule has 1 aromatic heterocycles. The van der Waals surface area contributed by atoms with Gasteiger partial charge in [0.25, 0.3) is 0 Å². The van der Waals surface area contributed by atoms with Crippen molar-refractivity contribution < 1.29 is 9.47 Å². The summed E-state index contributed by atoms with van der Waals surface area (Å²) in [5.41, 5.74) is 2.01. The highest BCUT2D eigenvalue weighted by molar-refractivity contribution is 7.06. The van der Waals surface area contributed by atoms with E-state index in [9.17, 15) is 0 Å². The van der Waals surface area contributed by atoms with Crippen LogP contribution in [0.15, 0.2) is 24.3 Å². The van der Waals surface area contributed by atoms with Crippen LogP contribution in [0, 0.1) is 0 Å². The van der Waals surface area contributed by atoms with Crippen molar-refractivity contribution in [1.29, 1.82) is 0 Å². The number of ether oxygens (including phenoxy) is 2. The van der Waals surface area contributed by atoms with Crippen molar-refractivity contribution in [2.45, 2.75) is 13.5 Å². The molecule has 102 valence electrons. The van der Waals surface area contributed by atoms with E-state index in [1.165, 1.54) is 16.4 Å². The molecular formula is C14H18N2O2S. The molecule has 0 fully saturated rings. The van der Waals surface area contributed by atoms with Gasteiger partial charge < -0.3 is 14.8 Å². The van der Waals surface area contributed by atoms with Gasteiger partial charge in [-0.1, -0.05) is 6.92 Å². The average Bonchev–Trinajstić information content (AvgIpc) is 2.93. The van der Waals surface area contributed by atoms with Gasteiger partial charge >= 0.3 is 0 Å². The molecule has 2 rings (SSSR count). The van der Waals surface area contributed by atoms with Crippen LogP contribution >= 0.6 is 11.5 Å². The summed E-state index contributed by atoms with van der Waals surface area (Å²) in [5.74, 6) is 1.45. The standard InChI is InChI=1S/C14H18N2O2S/c1-4-15-9-11-8-12(16-19-11)10-5-6-13(17-2)14(7-10)18-3/h5-8,15H,4,9H2,1-3H3. The van der Waals surface area contributed by atoms with Gasteiger partial charge in [-0.25, -0.2) is 0 Å². The molecule has 0 saturated carbocycles. The Morgan fingerprint density at radius 1 is 1.16 bits per heavy atom. The lowest BCUT2D eigenvalue weighted by Crippen LogP contribution is -2.10. The molecule has 1 aromatic carbocycles. The molecule has 0 atom stereocenters. The molecule has 4 nitrogen and oxygen atoms in total. The fraction of sp³-hybridized carbons (Fsp3) is 0.357. The van der Waals surface area contributed by atoms with Crippen molar-refractivity contribution in [2.24, 2.45) is 0 Å². The topological polar surface area (TPSA) is 43.4 Å². The van der Waals surface area contributed by atoms with Crippen molar-refractivity contribution in [3.05, 3.63) is 29.1 Å². The third kappa shape index (κ3) is 3.24. The van der Waals surface area contributed by atoms with Crippen molar-refractivity contribution in [1.82, 2.24) is 9.69 Å². The molecule has 0 radical (unpaired) electrons. The maximum absolute atomic E-state index is 5.31. The van der Waals surface area contributed by atoms with E-state index in [1.807, 2.05) is 18.2 Å². The second-order valence-corrected chi connectivity index (χ2v) is 4.92. The fourth-order valence-corrected chi connectivity index (χ4v) is 2.48. The van der Waals surface area contributed by atoms with Crippen LogP contribution in [0.3, 0.4) is 0 Å². The molecule has 0 unspecified atom stereocenters. The first-order valence-corrected chi connectivity index (χ1v) is 6.94. The molecule has 5 heteroatoms. The summed E-state index contributed by atoms with van der Waals surface area (Å²) in [6, 6.07) is 7.95. The van der Waals surface area contributed by atoms with Gasteiger partial charge in [-0.15, -0.1) is 0 Å². The summed E-state index contributed by atoms with van der Waals surface area (Å²) >= 11 is 1.52. The number of methoxy groups -OCH3 is 2. The van der Waals surface area contributed by atoms with Crippen LogP contribution in [0.4, 0.5) is 0 Å². The summed E-state index contributed by atoms with van der Waals surface area (Å²) in [4.78, 5) is 1.23. The van der Waals surface area contributed by atoms with Crippen molar-refractivity contribution in [3.63, 3.8) is 0 Å². The fourth-order valence-electron chi connectivity index (χ4n) is 1.78. The Morgan fingerprint density at radius 2 is 1.95 bits per heavy atom. The lowest BCUT2D eigenvalue weighted by atomic mass is 10.1. The Kier molecular flexibility index (Phi) is 4.76. The molecule has 0 aliphatic heterocycles. The number of hydrogen-bond donors (Lipinski definition) is 1. The SMILES string of the molecule is CCNCc1cc(-c2ccc(OC)c(OC)c2)ns1. The first-order chi connectivity index (χ1) is 9.28. The monoisotopic (exact) mass is 278 g/mol. The van der Waals surface area contributed by atoms with Crippen LogP contribution in [0.25, 0.3) is 11.3 Å². The van der Waals surface area contributed by atoms with Gasteiger partial charge in [-0.3, -0.25) is 0 Å². The number of rotatable bonds is 6. The van der Waals surface area contributed by atoms with Crippen LogP contribution in [-0.2, 0) is 6.54 Å². The smallest absolute Gasteiger partial charge is 0.161 e. The largest absolute Gasteiger partial charge is 0.493 e. The molecule has 0 amide bonds. The highest BCUT2D eigenvalue weighted by atomic mass is 32.1. The maximum Gasteiger partial charge on any atom is 0.161 e. The Bertz CT molecular complexity index is 540. The summed E-state index contributed by atoms with van der Waals surface area (Å²) in [5, 5.41) is 3.30. The number of nitrogens with one attached hydrogen (secondary N) is 1. The van der Waals surface area contributed by atoms with Gasteiger partial charge in [0.2, 0.25) is 0 Å². The average molecular weight is 278 g/mol. The van der Waals surface area contributed by atoms with E-state index in [4.69, 9.17) is 9.47 Å². The van der Waals surface area contributed by atoms with Crippen LogP contribution in [-0.4, -0.2) is 25.1 Å². The van der Waals surface area contributed by atoms with Gasteiger partial charge in [-0.2, -0.15) is 4.37 Å². The molecular weight excluding hydrogens is 260 g/mol. The first kappa shape index (κ1) is 13.8. The van der Waals surface area contributed by atoms with E-state index in [-0.39, 0.29) is 0 Å². The molecule has 1 N–H and O–H groups in total. The van der Waals surface area contributed by atoms with Crippen LogP contribution in [0.2, 0.25) is 0 Å². The molecule has 0 bridgehead atoms. The van der Waals surface area contributed by atoms with Crippen molar-refractivity contribution in [3.8, 4) is 22.8 Å². The minimum Gasteiger partial charge on any atom is -0.493 e. The highest BCUT2D eigenvalue weighted by Gasteiger charge is 2.09. The van der Waals surface area contributed by atoms with Crippen molar-refractivity contribution in [2.75, 3.05) is 20.8 Å². The summed E-state index contributed by atoms with van der Waals surface area (Å²) in [6.45, 7) is 3.92. The highest BCUT2D eigenvalue weighted by Crippen LogP contribution is 2.32. The van der Waals surface area contributed by atoms with Gasteiger partial charge in [0.05, 0.1) is 19.9 Å². The second-order valence-electron chi connectivity index (χ2n) is 4.03. The molecule has 0 aliphatic rings. The lowest BCUT2D eigenvalue weighted by molar-refractivity contribution is 0.355. The third-order valence-electron chi connectivity index (χ3n) is 2.79. The van der Waals surface area contributed by atoms with E-state index < -0.39 is 0 Å². The zero-order chi connectivity index (χ0) is 13.7. The van der Waals surface area contributed by atoms with E-state index in [1.54, 1.807) is 14.2 Å². The summed E-state index contributed by atoms with van der Waals surface area (Å²) in [6.07, 6.45) is 0. The minimum atomic E-state index is 0.723. The molecule has 0 spiro atoms. The Morgan fingerprint density at radius 3 is 2.63 bits per heavy atom. The minimum absolute atomic E-state index is 0.723. The number of aromatic nitrogens is 1. The normalized spacial score (nSPS) is 10.5. The van der Waals surface area contributed by atoms with Crippen LogP contribution < -0.4 is 14.8 Å². The lowest BCUT2D eigenvalue weighted by Gasteiger charge is -2.08. The van der Waals surface area contributed by atoms with Crippen LogP contribution in [0.1, 0.15) is 11.8 Å². The number of benzene rings is 1. The predicted octanol–water partition coefficient (Wildman–Crippen LogP) is 2.94. The van der Waals surface area contributed by atoms with E-state index >= 15 is 0 Å². The van der Waals surface area contributed by atoms with Gasteiger partial charge in [0.15, 0.2) is 11.5 Å². The zero-order valence-corrected chi connectivity index (χ0v) is 12.2. The number of nitrogens with zero attached hydrogens (tertiary/aromatic N) is 1. The Hall–Kier alpha value is -1.59. The quantitative estimate of drug-likeness (QED) is 0.882. The van der Waals surface area contributed by atoms with Gasteiger partial charge in [-0.05, 0) is 42.3 Å². The van der Waals surface area contributed by atoms with E-state index in [2.05, 4.69) is 22.7 Å².